The van der Waals surface area contributed by atoms with E-state index in [1.165, 1.54) is 0 Å². The molecule has 1 aliphatic heterocycles. The third-order valence-corrected chi connectivity index (χ3v) is 3.26. The number of carbonyl (C=O) groups excluding carboxylic acids is 1. The van der Waals surface area contributed by atoms with Crippen molar-refractivity contribution in [1.29, 1.82) is 0 Å². The van der Waals surface area contributed by atoms with Crippen LogP contribution in [0.15, 0.2) is 30.3 Å². The second-order valence-corrected chi connectivity index (χ2v) is 4.47. The molecule has 1 fully saturated rings. The van der Waals surface area contributed by atoms with E-state index in [1.54, 1.807) is 6.92 Å². The molecule has 2 atom stereocenters. The van der Waals surface area contributed by atoms with Crippen LogP contribution < -0.4 is 0 Å². The third kappa shape index (κ3) is 1.83. The molecule has 1 saturated heterocycles. The van der Waals surface area contributed by atoms with Crippen molar-refractivity contribution in [1.82, 2.24) is 0 Å². The largest absolute Gasteiger partial charge is 0.465 e. The van der Waals surface area contributed by atoms with Crippen LogP contribution >= 0.6 is 0 Å². The van der Waals surface area contributed by atoms with Gasteiger partial charge in [-0.25, -0.2) is 0 Å². The molecule has 0 saturated carbocycles. The van der Waals surface area contributed by atoms with Gasteiger partial charge in [0.15, 0.2) is 0 Å². The molecule has 3 heteroatoms. The fraction of sp³-hybridized carbons (Fsp3) is 0.462. The van der Waals surface area contributed by atoms with Crippen molar-refractivity contribution in [2.45, 2.75) is 25.9 Å². The van der Waals surface area contributed by atoms with Crippen molar-refractivity contribution in [3.8, 4) is 0 Å². The molecule has 0 aliphatic carbocycles. The Morgan fingerprint density at radius 3 is 2.69 bits per heavy atom. The van der Waals surface area contributed by atoms with Gasteiger partial charge < -0.3 is 9.84 Å². The number of aliphatic hydroxyl groups is 1. The van der Waals surface area contributed by atoms with Crippen molar-refractivity contribution >= 4 is 5.97 Å². The Balaban J connectivity index is 2.26. The van der Waals surface area contributed by atoms with Gasteiger partial charge in [0.1, 0.15) is 0 Å². The Bertz CT molecular complexity index is 374. The maximum absolute atomic E-state index is 11.7. The van der Waals surface area contributed by atoms with E-state index in [9.17, 15) is 9.90 Å². The van der Waals surface area contributed by atoms with E-state index < -0.39 is 11.5 Å². The van der Waals surface area contributed by atoms with Crippen molar-refractivity contribution in [3.63, 3.8) is 0 Å². The SMILES string of the molecule is CC1(C(O)c2ccccc2)CCCOC1=O. The summed E-state index contributed by atoms with van der Waals surface area (Å²) in [6.45, 7) is 2.24. The Hall–Kier alpha value is -1.35. The van der Waals surface area contributed by atoms with Crippen LogP contribution in [-0.4, -0.2) is 17.7 Å². The lowest BCUT2D eigenvalue weighted by atomic mass is 9.76. The van der Waals surface area contributed by atoms with Gasteiger partial charge in [0.05, 0.1) is 18.1 Å². The van der Waals surface area contributed by atoms with E-state index >= 15 is 0 Å². The third-order valence-electron chi connectivity index (χ3n) is 3.26. The first-order chi connectivity index (χ1) is 7.64. The van der Waals surface area contributed by atoms with Crippen molar-refractivity contribution in [3.05, 3.63) is 35.9 Å². The van der Waals surface area contributed by atoms with Crippen LogP contribution in [0.3, 0.4) is 0 Å². The molecule has 1 heterocycles. The first-order valence-corrected chi connectivity index (χ1v) is 5.55. The maximum Gasteiger partial charge on any atom is 0.314 e. The van der Waals surface area contributed by atoms with Crippen LogP contribution in [-0.2, 0) is 9.53 Å². The molecule has 1 N–H and O–H groups in total. The molecule has 16 heavy (non-hydrogen) atoms. The monoisotopic (exact) mass is 220 g/mol. The van der Waals surface area contributed by atoms with E-state index in [1.807, 2.05) is 30.3 Å². The predicted octanol–water partition coefficient (Wildman–Crippen LogP) is 2.06. The summed E-state index contributed by atoms with van der Waals surface area (Å²) in [5, 5.41) is 10.3. The Morgan fingerprint density at radius 2 is 2.06 bits per heavy atom. The first-order valence-electron chi connectivity index (χ1n) is 5.55. The summed E-state index contributed by atoms with van der Waals surface area (Å²) in [5.41, 5.74) is -0.0385. The summed E-state index contributed by atoms with van der Waals surface area (Å²) in [6.07, 6.45) is 0.690. The smallest absolute Gasteiger partial charge is 0.314 e. The number of hydrogen-bond acceptors (Lipinski definition) is 3. The van der Waals surface area contributed by atoms with Gasteiger partial charge in [-0.2, -0.15) is 0 Å². The number of cyclic esters (lactones) is 1. The normalized spacial score (nSPS) is 27.2. The topological polar surface area (TPSA) is 46.5 Å². The first kappa shape index (κ1) is 11.1. The summed E-state index contributed by atoms with van der Waals surface area (Å²) in [5.74, 6) is -0.296. The number of rotatable bonds is 2. The summed E-state index contributed by atoms with van der Waals surface area (Å²) < 4.78 is 5.04. The lowest BCUT2D eigenvalue weighted by Gasteiger charge is -2.35. The minimum atomic E-state index is -0.806. The van der Waals surface area contributed by atoms with Crippen LogP contribution in [0.4, 0.5) is 0 Å². The van der Waals surface area contributed by atoms with Crippen LogP contribution in [0, 0.1) is 5.41 Å². The van der Waals surface area contributed by atoms with E-state index in [4.69, 9.17) is 4.74 Å². The van der Waals surface area contributed by atoms with Crippen molar-refractivity contribution < 1.29 is 14.6 Å². The Labute approximate surface area is 95.0 Å². The van der Waals surface area contributed by atoms with Gasteiger partial charge in [0.25, 0.3) is 0 Å². The Morgan fingerprint density at radius 1 is 1.38 bits per heavy atom. The highest BCUT2D eigenvalue weighted by atomic mass is 16.5. The van der Waals surface area contributed by atoms with E-state index in [0.29, 0.717) is 13.0 Å². The fourth-order valence-corrected chi connectivity index (χ4v) is 2.12. The van der Waals surface area contributed by atoms with Gasteiger partial charge in [-0.3, -0.25) is 4.79 Å². The van der Waals surface area contributed by atoms with Crippen molar-refractivity contribution in [2.24, 2.45) is 5.41 Å². The molecule has 86 valence electrons. The van der Waals surface area contributed by atoms with Crippen molar-refractivity contribution in [2.75, 3.05) is 6.61 Å². The zero-order chi connectivity index (χ0) is 11.6. The zero-order valence-corrected chi connectivity index (χ0v) is 9.35. The molecule has 1 aliphatic rings. The number of carbonyl (C=O) groups is 1. The van der Waals surface area contributed by atoms with Gasteiger partial charge in [-0.15, -0.1) is 0 Å². The lowest BCUT2D eigenvalue weighted by Crippen LogP contribution is -2.39. The summed E-state index contributed by atoms with van der Waals surface area (Å²) >= 11 is 0. The number of aliphatic hydroxyl groups excluding tert-OH is 1. The van der Waals surface area contributed by atoms with Crippen LogP contribution in [0.1, 0.15) is 31.4 Å². The quantitative estimate of drug-likeness (QED) is 0.776. The summed E-state index contributed by atoms with van der Waals surface area (Å²) in [6, 6.07) is 9.26. The van der Waals surface area contributed by atoms with Crippen LogP contribution in [0.2, 0.25) is 0 Å². The average molecular weight is 220 g/mol. The molecule has 1 aromatic carbocycles. The van der Waals surface area contributed by atoms with Crippen LogP contribution in [0.5, 0.6) is 0 Å². The molecule has 2 unspecified atom stereocenters. The molecule has 1 aromatic rings. The van der Waals surface area contributed by atoms with Gasteiger partial charge >= 0.3 is 5.97 Å². The highest BCUT2D eigenvalue weighted by molar-refractivity contribution is 5.78. The minimum absolute atomic E-state index is 0.296. The van der Waals surface area contributed by atoms with Gasteiger partial charge in [-0.1, -0.05) is 30.3 Å². The summed E-state index contributed by atoms with van der Waals surface area (Å²) in [7, 11) is 0. The number of esters is 1. The van der Waals surface area contributed by atoms with E-state index in [2.05, 4.69) is 0 Å². The molecular formula is C13H16O3. The number of benzene rings is 1. The molecule has 0 amide bonds. The standard InChI is InChI=1S/C13H16O3/c1-13(8-5-9-16-12(13)15)11(14)10-6-3-2-4-7-10/h2-4,6-7,11,14H,5,8-9H2,1H3. The minimum Gasteiger partial charge on any atom is -0.465 e. The highest BCUT2D eigenvalue weighted by Crippen LogP contribution is 2.41. The maximum atomic E-state index is 11.7. The predicted molar refractivity (Wildman–Crippen MR) is 59.7 cm³/mol. The number of ether oxygens (including phenoxy) is 1. The molecular weight excluding hydrogens is 204 g/mol. The lowest BCUT2D eigenvalue weighted by molar-refractivity contribution is -0.170. The molecule has 2 rings (SSSR count). The molecule has 0 radical (unpaired) electrons. The van der Waals surface area contributed by atoms with E-state index in [0.717, 1.165) is 12.0 Å². The zero-order valence-electron chi connectivity index (χ0n) is 9.35. The van der Waals surface area contributed by atoms with Gasteiger partial charge in [-0.05, 0) is 25.3 Å². The average Bonchev–Trinajstić information content (AvgIpc) is 2.33. The Kier molecular flexibility index (Phi) is 2.97. The second-order valence-electron chi connectivity index (χ2n) is 4.47. The molecule has 0 bridgehead atoms. The second kappa shape index (κ2) is 4.26. The van der Waals surface area contributed by atoms with E-state index in [-0.39, 0.29) is 5.97 Å². The summed E-state index contributed by atoms with van der Waals surface area (Å²) in [4.78, 5) is 11.7. The highest BCUT2D eigenvalue weighted by Gasteiger charge is 2.44. The van der Waals surface area contributed by atoms with Crippen LogP contribution in [0.25, 0.3) is 0 Å². The molecule has 0 aromatic heterocycles. The number of hydrogen-bond donors (Lipinski definition) is 1. The van der Waals surface area contributed by atoms with Gasteiger partial charge in [0.2, 0.25) is 0 Å². The molecule has 0 spiro atoms. The fourth-order valence-electron chi connectivity index (χ4n) is 2.12. The molecule has 3 nitrogen and oxygen atoms in total. The van der Waals surface area contributed by atoms with Gasteiger partial charge in [0, 0.05) is 0 Å².